The quantitative estimate of drug-likeness (QED) is 0.522. The molecule has 0 radical (unpaired) electrons. The monoisotopic (exact) mass is 418 g/mol. The van der Waals surface area contributed by atoms with Gasteiger partial charge in [-0.1, -0.05) is 54.4 Å². The summed E-state index contributed by atoms with van der Waals surface area (Å²) in [6.45, 7) is 14.7. The van der Waals surface area contributed by atoms with Gasteiger partial charge in [-0.2, -0.15) is 0 Å². The van der Waals surface area contributed by atoms with Crippen molar-refractivity contribution in [2.24, 2.45) is 58.2 Å². The molecule has 3 unspecified atom stereocenters. The van der Waals surface area contributed by atoms with Crippen LogP contribution in [0.4, 0.5) is 0 Å². The van der Waals surface area contributed by atoms with E-state index in [1.807, 2.05) is 0 Å². The van der Waals surface area contributed by atoms with Crippen molar-refractivity contribution < 1.29 is 10.2 Å². The van der Waals surface area contributed by atoms with Crippen LogP contribution in [0.5, 0.6) is 0 Å². The van der Waals surface area contributed by atoms with E-state index in [4.69, 9.17) is 0 Å². The van der Waals surface area contributed by atoms with Crippen molar-refractivity contribution in [3.05, 3.63) is 0 Å². The molecular weight excluding hydrogens is 368 g/mol. The predicted molar refractivity (Wildman–Crippen MR) is 125 cm³/mol. The van der Waals surface area contributed by atoms with E-state index < -0.39 is 0 Å². The lowest BCUT2D eigenvalue weighted by atomic mass is 9.44. The molecule has 30 heavy (non-hydrogen) atoms. The summed E-state index contributed by atoms with van der Waals surface area (Å²) >= 11 is 0. The number of aliphatic hydroxyl groups excluding tert-OH is 2. The van der Waals surface area contributed by atoms with Gasteiger partial charge in [0.05, 0.1) is 12.2 Å². The summed E-state index contributed by atoms with van der Waals surface area (Å²) in [5.41, 5.74) is 0.734. The highest BCUT2D eigenvalue weighted by atomic mass is 16.3. The van der Waals surface area contributed by atoms with E-state index in [-0.39, 0.29) is 12.2 Å². The van der Waals surface area contributed by atoms with Crippen LogP contribution in [0.1, 0.15) is 106 Å². The molecule has 4 aliphatic carbocycles. The number of fused-ring (bicyclic) bond motifs is 5. The van der Waals surface area contributed by atoms with Crippen LogP contribution in [-0.4, -0.2) is 22.4 Å². The highest BCUT2D eigenvalue weighted by Crippen LogP contribution is 2.68. The Hall–Kier alpha value is -0.0800. The van der Waals surface area contributed by atoms with E-state index >= 15 is 0 Å². The van der Waals surface area contributed by atoms with Crippen molar-refractivity contribution in [2.75, 3.05) is 0 Å². The third-order valence-corrected chi connectivity index (χ3v) is 11.6. The van der Waals surface area contributed by atoms with Crippen LogP contribution in [0.25, 0.3) is 0 Å². The zero-order chi connectivity index (χ0) is 21.8. The summed E-state index contributed by atoms with van der Waals surface area (Å²) in [4.78, 5) is 0. The molecule has 174 valence electrons. The molecular formula is C28H50O2. The predicted octanol–water partition coefficient (Wildman–Crippen LogP) is 6.69. The molecule has 2 heteroatoms. The molecule has 0 aromatic rings. The van der Waals surface area contributed by atoms with E-state index in [1.165, 1.54) is 44.9 Å². The fraction of sp³-hybridized carbons (Fsp3) is 1.00. The highest BCUT2D eigenvalue weighted by Gasteiger charge is 2.63. The standard InChI is InChI=1S/C28H50O2/c1-17(2)18(3)7-8-19(4)24-16-25(30)26-22-10-9-20-15-21(29)11-13-27(20,5)23(22)12-14-28(24,26)6/h17-26,29-30H,7-16H2,1-6H3/t18-,19+,20?,21?,22+,23-,24+,25?,26+,27-,28+/m0/s1. The Morgan fingerprint density at radius 2 is 1.53 bits per heavy atom. The fourth-order valence-corrected chi connectivity index (χ4v) is 9.29. The molecule has 4 aliphatic rings. The number of aliphatic hydroxyl groups is 2. The van der Waals surface area contributed by atoms with Crippen molar-refractivity contribution in [1.29, 1.82) is 0 Å². The minimum absolute atomic E-state index is 0.0657. The average Bonchev–Trinajstić information content (AvgIpc) is 2.97. The van der Waals surface area contributed by atoms with E-state index in [1.54, 1.807) is 0 Å². The zero-order valence-corrected chi connectivity index (χ0v) is 20.7. The molecule has 0 aliphatic heterocycles. The van der Waals surface area contributed by atoms with E-state index in [0.717, 1.165) is 42.9 Å². The first-order valence-electron chi connectivity index (χ1n) is 13.4. The number of rotatable bonds is 5. The van der Waals surface area contributed by atoms with E-state index in [2.05, 4.69) is 41.5 Å². The smallest absolute Gasteiger partial charge is 0.0579 e. The molecule has 4 fully saturated rings. The van der Waals surface area contributed by atoms with E-state index in [0.29, 0.717) is 34.5 Å². The third-order valence-electron chi connectivity index (χ3n) is 11.6. The topological polar surface area (TPSA) is 40.5 Å². The van der Waals surface area contributed by atoms with Crippen LogP contribution in [0.15, 0.2) is 0 Å². The van der Waals surface area contributed by atoms with Crippen molar-refractivity contribution >= 4 is 0 Å². The zero-order valence-electron chi connectivity index (χ0n) is 20.7. The molecule has 0 aromatic heterocycles. The van der Waals surface area contributed by atoms with Gasteiger partial charge >= 0.3 is 0 Å². The van der Waals surface area contributed by atoms with Crippen LogP contribution in [0, 0.1) is 58.2 Å². The second-order valence-electron chi connectivity index (χ2n) is 13.2. The molecule has 0 aromatic carbocycles. The maximum atomic E-state index is 11.4. The van der Waals surface area contributed by atoms with Crippen LogP contribution < -0.4 is 0 Å². The van der Waals surface area contributed by atoms with Gasteiger partial charge in [0.15, 0.2) is 0 Å². The van der Waals surface area contributed by atoms with Gasteiger partial charge in [0.1, 0.15) is 0 Å². The second kappa shape index (κ2) is 8.36. The lowest BCUT2D eigenvalue weighted by Crippen LogP contribution is -2.55. The van der Waals surface area contributed by atoms with Crippen LogP contribution in [-0.2, 0) is 0 Å². The fourth-order valence-electron chi connectivity index (χ4n) is 9.29. The Kier molecular flexibility index (Phi) is 6.44. The van der Waals surface area contributed by atoms with E-state index in [9.17, 15) is 10.2 Å². The molecule has 0 saturated heterocycles. The number of hydrogen-bond acceptors (Lipinski definition) is 2. The molecule has 4 rings (SSSR count). The highest BCUT2D eigenvalue weighted by molar-refractivity contribution is 5.12. The Morgan fingerprint density at radius 3 is 2.23 bits per heavy atom. The molecule has 0 spiro atoms. The molecule has 11 atom stereocenters. The van der Waals surface area contributed by atoms with Crippen molar-refractivity contribution in [3.63, 3.8) is 0 Å². The average molecular weight is 419 g/mol. The van der Waals surface area contributed by atoms with Gasteiger partial charge in [-0.15, -0.1) is 0 Å². The molecule has 0 amide bonds. The van der Waals surface area contributed by atoms with Gasteiger partial charge in [0.25, 0.3) is 0 Å². The van der Waals surface area contributed by atoms with Gasteiger partial charge in [-0.05, 0) is 110 Å². The first kappa shape index (κ1) is 23.1. The van der Waals surface area contributed by atoms with Gasteiger partial charge < -0.3 is 10.2 Å². The third kappa shape index (κ3) is 3.70. The van der Waals surface area contributed by atoms with Gasteiger partial charge in [0, 0.05) is 0 Å². The van der Waals surface area contributed by atoms with Crippen molar-refractivity contribution in [1.82, 2.24) is 0 Å². The molecule has 2 nitrogen and oxygen atoms in total. The van der Waals surface area contributed by atoms with Crippen molar-refractivity contribution in [2.45, 2.75) is 118 Å². The lowest BCUT2D eigenvalue weighted by Gasteiger charge is -2.61. The van der Waals surface area contributed by atoms with Crippen LogP contribution in [0.2, 0.25) is 0 Å². The Balaban J connectivity index is 1.50. The molecule has 0 bridgehead atoms. The van der Waals surface area contributed by atoms with Gasteiger partial charge in [-0.25, -0.2) is 0 Å². The summed E-state index contributed by atoms with van der Waals surface area (Å²) < 4.78 is 0. The first-order chi connectivity index (χ1) is 14.1. The Bertz CT molecular complexity index is 601. The minimum atomic E-state index is -0.0906. The summed E-state index contributed by atoms with van der Waals surface area (Å²) in [5.74, 6) is 5.69. The maximum Gasteiger partial charge on any atom is 0.0579 e. The minimum Gasteiger partial charge on any atom is -0.393 e. The first-order valence-corrected chi connectivity index (χ1v) is 13.4. The number of hydrogen-bond donors (Lipinski definition) is 2. The van der Waals surface area contributed by atoms with Gasteiger partial charge in [-0.3, -0.25) is 0 Å². The van der Waals surface area contributed by atoms with Gasteiger partial charge in [0.2, 0.25) is 0 Å². The van der Waals surface area contributed by atoms with Crippen molar-refractivity contribution in [3.8, 4) is 0 Å². The molecule has 4 saturated carbocycles. The van der Waals surface area contributed by atoms with Crippen LogP contribution >= 0.6 is 0 Å². The Morgan fingerprint density at radius 1 is 0.833 bits per heavy atom. The summed E-state index contributed by atoms with van der Waals surface area (Å²) in [6.07, 6.45) is 12.0. The van der Waals surface area contributed by atoms with Crippen LogP contribution in [0.3, 0.4) is 0 Å². The summed E-state index contributed by atoms with van der Waals surface area (Å²) in [5, 5.41) is 21.7. The Labute approximate surface area is 186 Å². The second-order valence-corrected chi connectivity index (χ2v) is 13.2. The SMILES string of the molecule is CC(C)[C@@H](C)CC[C@@H](C)[C@H]1CC(O)[C@H]2[C@@H]3CCC4CC(O)CC[C@]4(C)[C@H]3CC[C@]12C. The summed E-state index contributed by atoms with van der Waals surface area (Å²) in [7, 11) is 0. The molecule has 0 heterocycles. The molecule has 2 N–H and O–H groups in total. The lowest BCUT2D eigenvalue weighted by molar-refractivity contribution is -0.142. The summed E-state index contributed by atoms with van der Waals surface area (Å²) in [6, 6.07) is 0. The largest absolute Gasteiger partial charge is 0.393 e. The maximum absolute atomic E-state index is 11.4. The normalized spacial score (nSPS) is 50.5.